The van der Waals surface area contributed by atoms with Crippen LogP contribution in [0.5, 0.6) is 11.5 Å². The third-order valence-corrected chi connectivity index (χ3v) is 4.58. The summed E-state index contributed by atoms with van der Waals surface area (Å²) in [4.78, 5) is 25.3. The number of carbonyl (C=O) groups is 2. The Kier molecular flexibility index (Phi) is 5.31. The maximum Gasteiger partial charge on any atom is 0.248 e. The highest BCUT2D eigenvalue weighted by atomic mass is 35.5. The summed E-state index contributed by atoms with van der Waals surface area (Å²) in [6.07, 6.45) is 3.05. The van der Waals surface area contributed by atoms with E-state index in [0.717, 1.165) is 5.56 Å². The maximum atomic E-state index is 12.8. The second-order valence-electron chi connectivity index (χ2n) is 6.32. The maximum absolute atomic E-state index is 12.8. The molecule has 0 atom stereocenters. The zero-order valence-electron chi connectivity index (χ0n) is 15.2. The smallest absolute Gasteiger partial charge is 0.248 e. The summed E-state index contributed by atoms with van der Waals surface area (Å²) in [5, 5.41) is 3.16. The van der Waals surface area contributed by atoms with E-state index in [0.29, 0.717) is 33.3 Å². The van der Waals surface area contributed by atoms with Crippen LogP contribution in [0.15, 0.2) is 72.8 Å². The van der Waals surface area contributed by atoms with Gasteiger partial charge in [-0.1, -0.05) is 48.0 Å². The van der Waals surface area contributed by atoms with Crippen LogP contribution in [-0.4, -0.2) is 18.5 Å². The lowest BCUT2D eigenvalue weighted by Crippen LogP contribution is -2.12. The van der Waals surface area contributed by atoms with Gasteiger partial charge in [-0.05, 0) is 42.0 Å². The van der Waals surface area contributed by atoms with Gasteiger partial charge >= 0.3 is 0 Å². The Bertz CT molecular complexity index is 1110. The number of hydrogen-bond donors (Lipinski definition) is 1. The molecule has 0 aliphatic carbocycles. The van der Waals surface area contributed by atoms with Crippen LogP contribution in [0.25, 0.3) is 6.08 Å². The van der Waals surface area contributed by atoms with Crippen LogP contribution >= 0.6 is 11.6 Å². The fourth-order valence-corrected chi connectivity index (χ4v) is 3.09. The standard InChI is InChI=1S/C23H16ClNO4/c24-17-8-9-19(18(13-17)23(27)16-4-2-1-3-5-16)25-22(26)11-7-15-6-10-20-21(12-15)29-14-28-20/h1-13H,14H2,(H,25,26). The quantitative estimate of drug-likeness (QED) is 0.481. The number of hydrogen-bond acceptors (Lipinski definition) is 4. The Balaban J connectivity index is 1.53. The highest BCUT2D eigenvalue weighted by Crippen LogP contribution is 2.32. The zero-order valence-corrected chi connectivity index (χ0v) is 16.0. The lowest BCUT2D eigenvalue weighted by atomic mass is 10.0. The molecule has 1 heterocycles. The normalized spacial score (nSPS) is 12.2. The van der Waals surface area contributed by atoms with E-state index < -0.39 is 0 Å². The van der Waals surface area contributed by atoms with Gasteiger partial charge in [0.1, 0.15) is 0 Å². The fraction of sp³-hybridized carbons (Fsp3) is 0.0435. The molecule has 1 aliphatic rings. The van der Waals surface area contributed by atoms with E-state index in [9.17, 15) is 9.59 Å². The SMILES string of the molecule is O=C(C=Cc1ccc2c(c1)OCO2)Nc1ccc(Cl)cc1C(=O)c1ccccc1. The fourth-order valence-electron chi connectivity index (χ4n) is 2.92. The van der Waals surface area contributed by atoms with Crippen molar-refractivity contribution in [3.63, 3.8) is 0 Å². The molecule has 0 unspecified atom stereocenters. The van der Waals surface area contributed by atoms with Crippen molar-refractivity contribution in [1.29, 1.82) is 0 Å². The van der Waals surface area contributed by atoms with Crippen LogP contribution in [0.4, 0.5) is 5.69 Å². The first-order valence-electron chi connectivity index (χ1n) is 8.88. The second kappa shape index (κ2) is 8.20. The van der Waals surface area contributed by atoms with Crippen LogP contribution < -0.4 is 14.8 Å². The van der Waals surface area contributed by atoms with Crippen molar-refractivity contribution in [3.05, 3.63) is 94.5 Å². The van der Waals surface area contributed by atoms with Gasteiger partial charge in [-0.15, -0.1) is 0 Å². The minimum Gasteiger partial charge on any atom is -0.454 e. The lowest BCUT2D eigenvalue weighted by Gasteiger charge is -2.10. The topological polar surface area (TPSA) is 64.6 Å². The summed E-state index contributed by atoms with van der Waals surface area (Å²) in [6.45, 7) is 0.192. The molecule has 3 aromatic carbocycles. The molecular formula is C23H16ClNO4. The summed E-state index contributed by atoms with van der Waals surface area (Å²) in [5.41, 5.74) is 2.03. The van der Waals surface area contributed by atoms with Gasteiger partial charge in [-0.3, -0.25) is 9.59 Å². The van der Waals surface area contributed by atoms with Gasteiger partial charge in [0.15, 0.2) is 17.3 Å². The largest absolute Gasteiger partial charge is 0.454 e. The average Bonchev–Trinajstić information content (AvgIpc) is 3.21. The number of ether oxygens (including phenoxy) is 2. The van der Waals surface area contributed by atoms with Gasteiger partial charge in [0, 0.05) is 22.2 Å². The molecule has 1 aliphatic heterocycles. The molecule has 6 heteroatoms. The summed E-state index contributed by atoms with van der Waals surface area (Å²) in [5.74, 6) is 0.730. The van der Waals surface area contributed by atoms with E-state index in [1.165, 1.54) is 6.08 Å². The number of amides is 1. The van der Waals surface area contributed by atoms with Gasteiger partial charge in [0.25, 0.3) is 0 Å². The van der Waals surface area contributed by atoms with Crippen LogP contribution in [0.2, 0.25) is 5.02 Å². The molecule has 1 N–H and O–H groups in total. The highest BCUT2D eigenvalue weighted by Gasteiger charge is 2.16. The molecular weight excluding hydrogens is 390 g/mol. The lowest BCUT2D eigenvalue weighted by molar-refractivity contribution is -0.111. The monoisotopic (exact) mass is 405 g/mol. The Morgan fingerprint density at radius 1 is 0.931 bits per heavy atom. The molecule has 0 aromatic heterocycles. The molecule has 0 fully saturated rings. The molecule has 0 bridgehead atoms. The first-order chi connectivity index (χ1) is 14.1. The number of halogens is 1. The van der Waals surface area contributed by atoms with E-state index >= 15 is 0 Å². The number of anilines is 1. The third-order valence-electron chi connectivity index (χ3n) is 4.34. The zero-order chi connectivity index (χ0) is 20.2. The van der Waals surface area contributed by atoms with Crippen LogP contribution in [0, 0.1) is 0 Å². The Labute approximate surface area is 172 Å². The van der Waals surface area contributed by atoms with Gasteiger partial charge in [-0.2, -0.15) is 0 Å². The summed E-state index contributed by atoms with van der Waals surface area (Å²) >= 11 is 6.07. The van der Waals surface area contributed by atoms with Gasteiger partial charge in [0.05, 0.1) is 5.69 Å². The number of carbonyl (C=O) groups excluding carboxylic acids is 2. The van der Waals surface area contributed by atoms with Crippen molar-refractivity contribution < 1.29 is 19.1 Å². The van der Waals surface area contributed by atoms with Crippen LogP contribution in [0.3, 0.4) is 0 Å². The first-order valence-corrected chi connectivity index (χ1v) is 9.26. The Morgan fingerprint density at radius 3 is 2.55 bits per heavy atom. The number of ketones is 1. The van der Waals surface area contributed by atoms with E-state index in [2.05, 4.69) is 5.32 Å². The molecule has 5 nitrogen and oxygen atoms in total. The van der Waals surface area contributed by atoms with Crippen molar-refractivity contribution in [2.75, 3.05) is 12.1 Å². The van der Waals surface area contributed by atoms with E-state index in [-0.39, 0.29) is 18.5 Å². The predicted molar refractivity (Wildman–Crippen MR) is 112 cm³/mol. The van der Waals surface area contributed by atoms with Crippen molar-refractivity contribution in [3.8, 4) is 11.5 Å². The summed E-state index contributed by atoms with van der Waals surface area (Å²) in [7, 11) is 0. The minimum absolute atomic E-state index is 0.192. The minimum atomic E-state index is -0.368. The van der Waals surface area contributed by atoms with E-state index in [4.69, 9.17) is 21.1 Å². The number of nitrogens with one attached hydrogen (secondary N) is 1. The Hall–Kier alpha value is -3.57. The first kappa shape index (κ1) is 18.8. The molecule has 144 valence electrons. The highest BCUT2D eigenvalue weighted by molar-refractivity contribution is 6.31. The third kappa shape index (κ3) is 4.31. The molecule has 3 aromatic rings. The van der Waals surface area contributed by atoms with E-state index in [1.807, 2.05) is 12.1 Å². The van der Waals surface area contributed by atoms with Crippen LogP contribution in [0.1, 0.15) is 21.5 Å². The number of fused-ring (bicyclic) bond motifs is 1. The number of rotatable bonds is 5. The summed E-state index contributed by atoms with van der Waals surface area (Å²) < 4.78 is 10.6. The molecule has 0 radical (unpaired) electrons. The molecule has 29 heavy (non-hydrogen) atoms. The van der Waals surface area contributed by atoms with Gasteiger partial charge in [0.2, 0.25) is 12.7 Å². The van der Waals surface area contributed by atoms with Crippen molar-refractivity contribution >= 4 is 35.1 Å². The molecule has 0 saturated heterocycles. The van der Waals surface area contributed by atoms with Crippen molar-refractivity contribution in [2.45, 2.75) is 0 Å². The molecule has 0 saturated carbocycles. The van der Waals surface area contributed by atoms with Crippen molar-refractivity contribution in [1.82, 2.24) is 0 Å². The molecule has 4 rings (SSSR count). The average molecular weight is 406 g/mol. The second-order valence-corrected chi connectivity index (χ2v) is 6.76. The molecule has 0 spiro atoms. The summed E-state index contributed by atoms with van der Waals surface area (Å²) in [6, 6.07) is 19.0. The Morgan fingerprint density at radius 2 is 1.72 bits per heavy atom. The van der Waals surface area contributed by atoms with Gasteiger partial charge < -0.3 is 14.8 Å². The predicted octanol–water partition coefficient (Wildman–Crippen LogP) is 4.95. The molecule has 1 amide bonds. The van der Waals surface area contributed by atoms with E-state index in [1.54, 1.807) is 60.7 Å². The number of benzene rings is 3. The van der Waals surface area contributed by atoms with Gasteiger partial charge in [-0.25, -0.2) is 0 Å². The van der Waals surface area contributed by atoms with Crippen LogP contribution in [-0.2, 0) is 4.79 Å². The van der Waals surface area contributed by atoms with Crippen molar-refractivity contribution in [2.24, 2.45) is 0 Å².